The first kappa shape index (κ1) is 17.7. The molecular formula is C19H20N2O2S. The quantitative estimate of drug-likeness (QED) is 0.670. The molecule has 2 aromatic rings. The highest BCUT2D eigenvalue weighted by atomic mass is 32.1. The lowest BCUT2D eigenvalue weighted by Gasteiger charge is -2.19. The van der Waals surface area contributed by atoms with Gasteiger partial charge in [-0.2, -0.15) is 0 Å². The van der Waals surface area contributed by atoms with Gasteiger partial charge < -0.3 is 9.64 Å². The summed E-state index contributed by atoms with van der Waals surface area (Å²) in [6.45, 7) is 0.641. The summed E-state index contributed by atoms with van der Waals surface area (Å²) in [5.74, 6) is 0.524. The van der Waals surface area contributed by atoms with Crippen molar-refractivity contribution in [2.75, 3.05) is 14.2 Å². The van der Waals surface area contributed by atoms with Crippen molar-refractivity contribution in [3.63, 3.8) is 0 Å². The van der Waals surface area contributed by atoms with E-state index in [2.05, 4.69) is 5.32 Å². The number of carbonyl (C=O) groups excluding carboxylic acids is 1. The van der Waals surface area contributed by atoms with Crippen molar-refractivity contribution in [1.29, 1.82) is 0 Å². The van der Waals surface area contributed by atoms with Crippen LogP contribution < -0.4 is 10.1 Å². The Labute approximate surface area is 147 Å². The highest BCUT2D eigenvalue weighted by molar-refractivity contribution is 7.80. The summed E-state index contributed by atoms with van der Waals surface area (Å²) in [7, 11) is 3.47. The Morgan fingerprint density at radius 2 is 1.83 bits per heavy atom. The molecule has 1 N–H and O–H groups in total. The Morgan fingerprint density at radius 3 is 2.46 bits per heavy atom. The van der Waals surface area contributed by atoms with Crippen LogP contribution in [0.3, 0.4) is 0 Å². The molecule has 0 bridgehead atoms. The fraction of sp³-hybridized carbons (Fsp3) is 0.158. The van der Waals surface area contributed by atoms with Crippen molar-refractivity contribution in [3.8, 4) is 5.75 Å². The molecule has 2 aromatic carbocycles. The largest absolute Gasteiger partial charge is 0.497 e. The zero-order valence-corrected chi connectivity index (χ0v) is 14.5. The second-order valence-corrected chi connectivity index (χ2v) is 5.63. The molecular weight excluding hydrogens is 320 g/mol. The van der Waals surface area contributed by atoms with Gasteiger partial charge in [0.2, 0.25) is 5.91 Å². The number of carbonyl (C=O) groups is 1. The summed E-state index contributed by atoms with van der Waals surface area (Å²) in [5, 5.41) is 3.09. The van der Waals surface area contributed by atoms with Gasteiger partial charge in [0.1, 0.15) is 5.75 Å². The van der Waals surface area contributed by atoms with Crippen molar-refractivity contribution in [2.24, 2.45) is 0 Å². The van der Waals surface area contributed by atoms with E-state index in [1.165, 1.54) is 6.08 Å². The highest BCUT2D eigenvalue weighted by Crippen LogP contribution is 2.12. The average Bonchev–Trinajstić information content (AvgIpc) is 2.61. The number of nitrogens with zero attached hydrogens (tertiary/aromatic N) is 1. The molecule has 124 valence electrons. The van der Waals surface area contributed by atoms with Gasteiger partial charge in [0.15, 0.2) is 5.11 Å². The van der Waals surface area contributed by atoms with Crippen molar-refractivity contribution < 1.29 is 9.53 Å². The van der Waals surface area contributed by atoms with E-state index in [1.807, 2.05) is 66.5 Å². The van der Waals surface area contributed by atoms with E-state index in [4.69, 9.17) is 17.0 Å². The minimum Gasteiger partial charge on any atom is -0.497 e. The lowest BCUT2D eigenvalue weighted by atomic mass is 10.2. The molecule has 0 fully saturated rings. The van der Waals surface area contributed by atoms with Crippen LogP contribution in [0.15, 0.2) is 60.7 Å². The standard InChI is InChI=1S/C19H20N2O2S/c1-21(14-16-6-4-3-5-7-16)19(24)20-18(22)13-10-15-8-11-17(23-2)12-9-15/h3-13H,14H2,1-2H3,(H,20,22,24). The monoisotopic (exact) mass is 340 g/mol. The first-order valence-electron chi connectivity index (χ1n) is 7.50. The molecule has 0 aliphatic carbocycles. The molecule has 1 amide bonds. The maximum Gasteiger partial charge on any atom is 0.250 e. The number of amides is 1. The number of nitrogens with one attached hydrogen (secondary N) is 1. The fourth-order valence-corrected chi connectivity index (χ4v) is 2.22. The van der Waals surface area contributed by atoms with Gasteiger partial charge in [-0.15, -0.1) is 0 Å². The van der Waals surface area contributed by atoms with Gasteiger partial charge in [-0.1, -0.05) is 42.5 Å². The summed E-state index contributed by atoms with van der Waals surface area (Å²) in [6.07, 6.45) is 3.19. The van der Waals surface area contributed by atoms with Crippen molar-refractivity contribution in [3.05, 3.63) is 71.8 Å². The van der Waals surface area contributed by atoms with Crippen LogP contribution in [0.1, 0.15) is 11.1 Å². The van der Waals surface area contributed by atoms with Crippen molar-refractivity contribution in [2.45, 2.75) is 6.54 Å². The van der Waals surface area contributed by atoms with Crippen LogP contribution in [0.5, 0.6) is 5.75 Å². The third kappa shape index (κ3) is 5.52. The van der Waals surface area contributed by atoms with Crippen LogP contribution in [0.25, 0.3) is 6.08 Å². The maximum atomic E-state index is 12.0. The number of methoxy groups -OCH3 is 1. The smallest absolute Gasteiger partial charge is 0.250 e. The Bertz CT molecular complexity index is 712. The van der Waals surface area contributed by atoms with E-state index < -0.39 is 0 Å². The lowest BCUT2D eigenvalue weighted by molar-refractivity contribution is -0.115. The predicted molar refractivity (Wildman–Crippen MR) is 101 cm³/mol. The van der Waals surface area contributed by atoms with Gasteiger partial charge in [-0.3, -0.25) is 10.1 Å². The molecule has 0 saturated carbocycles. The van der Waals surface area contributed by atoms with Crippen molar-refractivity contribution >= 4 is 29.3 Å². The molecule has 0 atom stereocenters. The summed E-state index contributed by atoms with van der Waals surface area (Å²) >= 11 is 5.26. The van der Waals surface area contributed by atoms with E-state index in [0.29, 0.717) is 11.7 Å². The molecule has 0 spiro atoms. The molecule has 0 heterocycles. The average molecular weight is 340 g/mol. The SMILES string of the molecule is COc1ccc(C=CC(=O)NC(=S)N(C)Cc2ccccc2)cc1. The van der Waals surface area contributed by atoms with E-state index in [0.717, 1.165) is 16.9 Å². The van der Waals surface area contributed by atoms with Crippen LogP contribution in [-0.4, -0.2) is 30.1 Å². The molecule has 0 saturated heterocycles. The van der Waals surface area contributed by atoms with E-state index >= 15 is 0 Å². The Hall–Kier alpha value is -2.66. The molecule has 0 radical (unpaired) electrons. The zero-order valence-electron chi connectivity index (χ0n) is 13.7. The summed E-state index contributed by atoms with van der Waals surface area (Å²) in [6, 6.07) is 17.4. The zero-order chi connectivity index (χ0) is 17.4. The van der Waals surface area contributed by atoms with Crippen LogP contribution >= 0.6 is 12.2 Å². The van der Waals surface area contributed by atoms with E-state index in [1.54, 1.807) is 13.2 Å². The van der Waals surface area contributed by atoms with Crippen LogP contribution in [0, 0.1) is 0 Å². The number of ether oxygens (including phenoxy) is 1. The summed E-state index contributed by atoms with van der Waals surface area (Å²) < 4.78 is 5.10. The van der Waals surface area contributed by atoms with E-state index in [-0.39, 0.29) is 5.91 Å². The first-order valence-corrected chi connectivity index (χ1v) is 7.91. The predicted octanol–water partition coefficient (Wildman–Crippen LogP) is 3.24. The number of rotatable bonds is 5. The number of hydrogen-bond acceptors (Lipinski definition) is 3. The van der Waals surface area contributed by atoms with Crippen LogP contribution in [0.2, 0.25) is 0 Å². The third-order valence-electron chi connectivity index (χ3n) is 3.38. The van der Waals surface area contributed by atoms with Gasteiger partial charge in [0.05, 0.1) is 7.11 Å². The number of thiocarbonyl (C=S) groups is 1. The molecule has 2 rings (SSSR count). The molecule has 0 aliphatic heterocycles. The second-order valence-electron chi connectivity index (χ2n) is 5.24. The molecule has 0 aliphatic rings. The van der Waals surface area contributed by atoms with Gasteiger partial charge in [-0.25, -0.2) is 0 Å². The molecule has 24 heavy (non-hydrogen) atoms. The molecule has 4 nitrogen and oxygen atoms in total. The minimum atomic E-state index is -0.254. The van der Waals surface area contributed by atoms with Crippen molar-refractivity contribution in [1.82, 2.24) is 10.2 Å². The summed E-state index contributed by atoms with van der Waals surface area (Å²) in [4.78, 5) is 13.8. The van der Waals surface area contributed by atoms with Gasteiger partial charge in [0.25, 0.3) is 0 Å². The van der Waals surface area contributed by atoms with E-state index in [9.17, 15) is 4.79 Å². The summed E-state index contributed by atoms with van der Waals surface area (Å²) in [5.41, 5.74) is 2.04. The van der Waals surface area contributed by atoms with Gasteiger partial charge >= 0.3 is 0 Å². The molecule has 0 aromatic heterocycles. The highest BCUT2D eigenvalue weighted by Gasteiger charge is 2.07. The fourth-order valence-electron chi connectivity index (χ4n) is 2.06. The first-order chi connectivity index (χ1) is 11.6. The topological polar surface area (TPSA) is 41.6 Å². The second kappa shape index (κ2) is 8.84. The molecule has 0 unspecified atom stereocenters. The lowest BCUT2D eigenvalue weighted by Crippen LogP contribution is -2.39. The number of benzene rings is 2. The Balaban J connectivity index is 1.86. The number of hydrogen-bond donors (Lipinski definition) is 1. The van der Waals surface area contributed by atoms with Crippen LogP contribution in [-0.2, 0) is 11.3 Å². The Kier molecular flexibility index (Phi) is 6.51. The molecule has 5 heteroatoms. The minimum absolute atomic E-state index is 0.254. The van der Waals surface area contributed by atoms with Gasteiger partial charge in [0, 0.05) is 19.7 Å². The maximum absolute atomic E-state index is 12.0. The normalized spacial score (nSPS) is 10.4. The third-order valence-corrected chi connectivity index (χ3v) is 3.80. The van der Waals surface area contributed by atoms with Gasteiger partial charge in [-0.05, 0) is 41.6 Å². The Morgan fingerprint density at radius 1 is 1.17 bits per heavy atom. The van der Waals surface area contributed by atoms with Crippen LogP contribution in [0.4, 0.5) is 0 Å².